The Hall–Kier alpha value is -0.0400. The lowest BCUT2D eigenvalue weighted by molar-refractivity contribution is 0.329. The molecule has 0 heterocycles. The fourth-order valence-electron chi connectivity index (χ4n) is 2.41. The Morgan fingerprint density at radius 3 is 2.20 bits per heavy atom. The Morgan fingerprint density at radius 1 is 1.10 bits per heavy atom. The molecule has 0 amide bonds. The number of hydrogen-bond acceptors (Lipinski definition) is 2. The molecule has 4 nitrogen and oxygen atoms in total. The van der Waals surface area contributed by atoms with Crippen molar-refractivity contribution < 1.29 is 0 Å². The predicted molar refractivity (Wildman–Crippen MR) is 99.1 cm³/mol. The van der Waals surface area contributed by atoms with Gasteiger partial charge in [-0.2, -0.15) is 0 Å². The van der Waals surface area contributed by atoms with Gasteiger partial charge in [0.05, 0.1) is 0 Å². The van der Waals surface area contributed by atoms with Gasteiger partial charge in [0.2, 0.25) is 0 Å². The van der Waals surface area contributed by atoms with Crippen LogP contribution in [0.4, 0.5) is 0 Å². The normalized spacial score (nSPS) is 23.9. The van der Waals surface area contributed by atoms with Crippen molar-refractivity contribution in [3.05, 3.63) is 0 Å². The number of guanidine groups is 1. The SMILES string of the molecule is CN=C(NCCNC(C)(C)C)NC1CCC(C)CC1.I. The summed E-state index contributed by atoms with van der Waals surface area (Å²) in [5, 5.41) is 10.4. The Balaban J connectivity index is 0.00000361. The molecule has 5 heteroatoms. The van der Waals surface area contributed by atoms with Gasteiger partial charge in [0.1, 0.15) is 0 Å². The van der Waals surface area contributed by atoms with Gasteiger partial charge < -0.3 is 16.0 Å². The smallest absolute Gasteiger partial charge is 0.191 e. The Bertz CT molecular complexity index is 278. The van der Waals surface area contributed by atoms with E-state index in [4.69, 9.17) is 0 Å². The highest BCUT2D eigenvalue weighted by Crippen LogP contribution is 2.23. The first-order valence-electron chi connectivity index (χ1n) is 7.63. The standard InChI is InChI=1S/C15H32N4.HI/c1-12-6-8-13(9-7-12)19-14(16-5)17-10-11-18-15(2,3)4;/h12-13,18H,6-11H2,1-5H3,(H2,16,17,19);1H. The van der Waals surface area contributed by atoms with Crippen LogP contribution in [-0.2, 0) is 0 Å². The molecule has 3 N–H and O–H groups in total. The lowest BCUT2D eigenvalue weighted by atomic mass is 9.87. The first-order chi connectivity index (χ1) is 8.90. The van der Waals surface area contributed by atoms with Crippen LogP contribution >= 0.6 is 24.0 Å². The lowest BCUT2D eigenvalue weighted by Crippen LogP contribution is -2.47. The molecule has 0 unspecified atom stereocenters. The minimum Gasteiger partial charge on any atom is -0.355 e. The fraction of sp³-hybridized carbons (Fsp3) is 0.933. The average molecular weight is 396 g/mol. The molecule has 0 bridgehead atoms. The second kappa shape index (κ2) is 9.82. The number of nitrogens with zero attached hydrogens (tertiary/aromatic N) is 1. The van der Waals surface area contributed by atoms with E-state index in [-0.39, 0.29) is 29.5 Å². The molecule has 0 aromatic carbocycles. The predicted octanol–water partition coefficient (Wildman–Crippen LogP) is 2.74. The van der Waals surface area contributed by atoms with Gasteiger partial charge in [-0.05, 0) is 52.4 Å². The van der Waals surface area contributed by atoms with Crippen LogP contribution in [0.2, 0.25) is 0 Å². The molecule has 0 radical (unpaired) electrons. The van der Waals surface area contributed by atoms with Crippen LogP contribution in [0.3, 0.4) is 0 Å². The number of halogens is 1. The van der Waals surface area contributed by atoms with Crippen LogP contribution in [0.5, 0.6) is 0 Å². The van der Waals surface area contributed by atoms with Gasteiger partial charge in [-0.3, -0.25) is 4.99 Å². The summed E-state index contributed by atoms with van der Waals surface area (Å²) in [7, 11) is 1.85. The summed E-state index contributed by atoms with van der Waals surface area (Å²) in [6.07, 6.45) is 5.20. The van der Waals surface area contributed by atoms with Crippen molar-refractivity contribution in [3.63, 3.8) is 0 Å². The summed E-state index contributed by atoms with van der Waals surface area (Å²) in [4.78, 5) is 4.30. The summed E-state index contributed by atoms with van der Waals surface area (Å²) < 4.78 is 0. The van der Waals surface area contributed by atoms with Crippen molar-refractivity contribution >= 4 is 29.9 Å². The van der Waals surface area contributed by atoms with E-state index in [1.54, 1.807) is 0 Å². The molecule has 1 aliphatic rings. The second-order valence-corrected chi connectivity index (χ2v) is 6.78. The molecule has 0 atom stereocenters. The topological polar surface area (TPSA) is 48.5 Å². The Labute approximate surface area is 142 Å². The van der Waals surface area contributed by atoms with Crippen molar-refractivity contribution in [2.75, 3.05) is 20.1 Å². The van der Waals surface area contributed by atoms with E-state index in [0.717, 1.165) is 25.0 Å². The highest BCUT2D eigenvalue weighted by molar-refractivity contribution is 14.0. The van der Waals surface area contributed by atoms with E-state index in [2.05, 4.69) is 48.6 Å². The highest BCUT2D eigenvalue weighted by atomic mass is 127. The first-order valence-corrected chi connectivity index (χ1v) is 7.63. The molecule has 0 aromatic rings. The van der Waals surface area contributed by atoms with Crippen LogP contribution in [0.1, 0.15) is 53.4 Å². The zero-order valence-corrected chi connectivity index (χ0v) is 16.1. The van der Waals surface area contributed by atoms with Gasteiger partial charge in [0, 0.05) is 31.7 Å². The van der Waals surface area contributed by atoms with E-state index >= 15 is 0 Å². The third-order valence-electron chi connectivity index (χ3n) is 3.65. The van der Waals surface area contributed by atoms with Crippen molar-refractivity contribution in [2.24, 2.45) is 10.9 Å². The average Bonchev–Trinajstić information content (AvgIpc) is 2.34. The van der Waals surface area contributed by atoms with Crippen LogP contribution in [-0.4, -0.2) is 37.7 Å². The maximum absolute atomic E-state index is 4.30. The zero-order chi connectivity index (χ0) is 14.3. The third kappa shape index (κ3) is 9.00. The Kier molecular flexibility index (Phi) is 9.80. The van der Waals surface area contributed by atoms with Gasteiger partial charge in [0.25, 0.3) is 0 Å². The molecule has 0 saturated heterocycles. The first kappa shape index (κ1) is 20.0. The summed E-state index contributed by atoms with van der Waals surface area (Å²) in [5.41, 5.74) is 0.179. The molecule has 1 saturated carbocycles. The number of aliphatic imine (C=N–C) groups is 1. The van der Waals surface area contributed by atoms with Crippen molar-refractivity contribution in [1.29, 1.82) is 0 Å². The maximum Gasteiger partial charge on any atom is 0.191 e. The summed E-state index contributed by atoms with van der Waals surface area (Å²) in [6, 6.07) is 0.595. The van der Waals surface area contributed by atoms with Crippen LogP contribution in [0.15, 0.2) is 4.99 Å². The molecule has 1 fully saturated rings. The van der Waals surface area contributed by atoms with Crippen molar-refractivity contribution in [2.45, 2.75) is 65.0 Å². The van der Waals surface area contributed by atoms with Gasteiger partial charge in [-0.15, -0.1) is 24.0 Å². The second-order valence-electron chi connectivity index (χ2n) is 6.78. The molecular weight excluding hydrogens is 363 g/mol. The van der Waals surface area contributed by atoms with Crippen LogP contribution in [0, 0.1) is 5.92 Å². The number of hydrogen-bond donors (Lipinski definition) is 3. The minimum atomic E-state index is 0. The fourth-order valence-corrected chi connectivity index (χ4v) is 2.41. The monoisotopic (exact) mass is 396 g/mol. The highest BCUT2D eigenvalue weighted by Gasteiger charge is 2.18. The third-order valence-corrected chi connectivity index (χ3v) is 3.65. The molecular formula is C15H33IN4. The van der Waals surface area contributed by atoms with Gasteiger partial charge in [-0.25, -0.2) is 0 Å². The zero-order valence-electron chi connectivity index (χ0n) is 13.8. The summed E-state index contributed by atoms with van der Waals surface area (Å²) in [5.74, 6) is 1.83. The molecule has 120 valence electrons. The summed E-state index contributed by atoms with van der Waals surface area (Å²) >= 11 is 0. The molecule has 1 rings (SSSR count). The van der Waals surface area contributed by atoms with Crippen molar-refractivity contribution in [1.82, 2.24) is 16.0 Å². The Morgan fingerprint density at radius 2 is 1.70 bits per heavy atom. The number of nitrogens with one attached hydrogen (secondary N) is 3. The van der Waals surface area contributed by atoms with Crippen molar-refractivity contribution in [3.8, 4) is 0 Å². The van der Waals surface area contributed by atoms with Gasteiger partial charge in [0.15, 0.2) is 5.96 Å². The molecule has 0 spiro atoms. The van der Waals surface area contributed by atoms with E-state index in [9.17, 15) is 0 Å². The quantitative estimate of drug-likeness (QED) is 0.297. The van der Waals surface area contributed by atoms with E-state index in [1.165, 1.54) is 25.7 Å². The maximum atomic E-state index is 4.30. The van der Waals surface area contributed by atoms with Crippen LogP contribution < -0.4 is 16.0 Å². The van der Waals surface area contributed by atoms with Gasteiger partial charge >= 0.3 is 0 Å². The van der Waals surface area contributed by atoms with E-state index in [1.807, 2.05) is 7.05 Å². The lowest BCUT2D eigenvalue weighted by Gasteiger charge is -2.28. The van der Waals surface area contributed by atoms with E-state index in [0.29, 0.717) is 6.04 Å². The molecule has 0 aliphatic heterocycles. The molecule has 20 heavy (non-hydrogen) atoms. The van der Waals surface area contributed by atoms with Crippen LogP contribution in [0.25, 0.3) is 0 Å². The largest absolute Gasteiger partial charge is 0.355 e. The van der Waals surface area contributed by atoms with Gasteiger partial charge in [-0.1, -0.05) is 6.92 Å². The minimum absolute atomic E-state index is 0. The van der Waals surface area contributed by atoms with E-state index < -0.39 is 0 Å². The molecule has 0 aromatic heterocycles. The number of rotatable bonds is 4. The molecule has 1 aliphatic carbocycles. The summed E-state index contributed by atoms with van der Waals surface area (Å²) in [6.45, 7) is 10.8.